The first kappa shape index (κ1) is 21.0. The van der Waals surface area contributed by atoms with Crippen LogP contribution in [0, 0.1) is 5.92 Å². The lowest BCUT2D eigenvalue weighted by molar-refractivity contribution is 0.220. The molecule has 0 aromatic carbocycles. The fourth-order valence-electron chi connectivity index (χ4n) is 4.45. The van der Waals surface area contributed by atoms with E-state index in [4.69, 9.17) is 5.10 Å². The van der Waals surface area contributed by atoms with E-state index >= 15 is 0 Å². The van der Waals surface area contributed by atoms with Crippen molar-refractivity contribution in [3.63, 3.8) is 0 Å². The summed E-state index contributed by atoms with van der Waals surface area (Å²) in [6.07, 6.45) is 11.5. The molecule has 0 aromatic heterocycles. The van der Waals surface area contributed by atoms with Gasteiger partial charge in [0.2, 0.25) is 0 Å². The zero-order valence-electron chi connectivity index (χ0n) is 18.3. The van der Waals surface area contributed by atoms with Gasteiger partial charge in [-0.15, -0.1) is 0 Å². The van der Waals surface area contributed by atoms with Crippen LogP contribution in [-0.2, 0) is 0 Å². The highest BCUT2D eigenvalue weighted by Crippen LogP contribution is 2.35. The van der Waals surface area contributed by atoms with E-state index in [2.05, 4.69) is 49.8 Å². The highest BCUT2D eigenvalue weighted by Gasteiger charge is 2.29. The lowest BCUT2D eigenvalue weighted by Gasteiger charge is -2.38. The first-order valence-electron chi connectivity index (χ1n) is 10.8. The number of halogens is 1. The average molecular weight is 386 g/mol. The van der Waals surface area contributed by atoms with Gasteiger partial charge in [-0.3, -0.25) is 9.91 Å². The highest BCUT2D eigenvalue weighted by atomic mass is 19.1. The van der Waals surface area contributed by atoms with Crippen LogP contribution in [0.25, 0.3) is 0 Å². The predicted molar refractivity (Wildman–Crippen MR) is 117 cm³/mol. The van der Waals surface area contributed by atoms with Gasteiger partial charge < -0.3 is 0 Å². The van der Waals surface area contributed by atoms with E-state index in [0.29, 0.717) is 6.42 Å². The molecule has 28 heavy (non-hydrogen) atoms. The van der Waals surface area contributed by atoms with E-state index in [1.54, 1.807) is 6.08 Å². The van der Waals surface area contributed by atoms with Gasteiger partial charge in [0.05, 0.1) is 11.8 Å². The van der Waals surface area contributed by atoms with Crippen molar-refractivity contribution in [2.45, 2.75) is 72.8 Å². The van der Waals surface area contributed by atoms with Gasteiger partial charge in [0, 0.05) is 18.2 Å². The largest absolute Gasteiger partial charge is 0.299 e. The Hall–Kier alpha value is -1.68. The number of nitrogens with zero attached hydrogens (tertiary/aromatic N) is 3. The third-order valence-electron chi connectivity index (χ3n) is 6.19. The van der Waals surface area contributed by atoms with Crippen LogP contribution in [0.3, 0.4) is 0 Å². The van der Waals surface area contributed by atoms with Crippen molar-refractivity contribution in [2.75, 3.05) is 19.6 Å². The Balaban J connectivity index is 1.77. The van der Waals surface area contributed by atoms with Gasteiger partial charge in [-0.25, -0.2) is 4.39 Å². The standard InChI is InChI=1S/C24H36FN3/c1-17(2)24(15-21-10-9-18(3)13-23(21)25)28-20(5)22(14-19(4)26-28)16-27-11-7-6-8-12-27/h9,13-14,20-21H,6-8,10-12,15-16H2,1-5H3. The number of hydrogen-bond acceptors (Lipinski definition) is 3. The number of hydrogen-bond donors (Lipinski definition) is 0. The summed E-state index contributed by atoms with van der Waals surface area (Å²) >= 11 is 0. The van der Waals surface area contributed by atoms with Crippen LogP contribution in [0.2, 0.25) is 0 Å². The van der Waals surface area contributed by atoms with E-state index in [0.717, 1.165) is 29.9 Å². The molecule has 3 rings (SSSR count). The Morgan fingerprint density at radius 1 is 1.14 bits per heavy atom. The van der Waals surface area contributed by atoms with Crippen molar-refractivity contribution >= 4 is 5.71 Å². The third-order valence-corrected chi connectivity index (χ3v) is 6.19. The highest BCUT2D eigenvalue weighted by molar-refractivity contribution is 5.94. The Morgan fingerprint density at radius 2 is 1.86 bits per heavy atom. The van der Waals surface area contributed by atoms with Crippen LogP contribution in [0.1, 0.15) is 66.7 Å². The minimum absolute atomic E-state index is 0.00759. The minimum atomic E-state index is -0.0762. The SMILES string of the molecule is CC1=CCC(CC(=C(C)C)N2N=C(C)C=C(CN3CCCCC3)C2C)C(F)=C1. The van der Waals surface area contributed by atoms with Gasteiger partial charge in [0.25, 0.3) is 0 Å². The molecule has 0 spiro atoms. The first-order chi connectivity index (χ1) is 13.3. The fourth-order valence-corrected chi connectivity index (χ4v) is 4.45. The zero-order chi connectivity index (χ0) is 20.3. The summed E-state index contributed by atoms with van der Waals surface area (Å²) in [6.45, 7) is 13.9. The van der Waals surface area contributed by atoms with Crippen molar-refractivity contribution in [3.8, 4) is 0 Å². The van der Waals surface area contributed by atoms with E-state index in [1.807, 2.05) is 6.92 Å². The van der Waals surface area contributed by atoms with Crippen LogP contribution in [0.5, 0.6) is 0 Å². The topological polar surface area (TPSA) is 18.8 Å². The lowest BCUT2D eigenvalue weighted by Crippen LogP contribution is -2.40. The second-order valence-electron chi connectivity index (χ2n) is 8.88. The molecule has 0 radical (unpaired) electrons. The molecule has 154 valence electrons. The van der Waals surface area contributed by atoms with E-state index in [9.17, 15) is 4.39 Å². The molecule has 1 saturated heterocycles. The predicted octanol–water partition coefficient (Wildman–Crippen LogP) is 5.98. The van der Waals surface area contributed by atoms with Gasteiger partial charge in [-0.2, -0.15) is 5.10 Å². The molecular formula is C24H36FN3. The van der Waals surface area contributed by atoms with Crippen molar-refractivity contribution in [3.05, 3.63) is 46.5 Å². The third kappa shape index (κ3) is 5.02. The normalized spacial score (nSPS) is 26.3. The molecule has 0 saturated carbocycles. The zero-order valence-corrected chi connectivity index (χ0v) is 18.3. The Kier molecular flexibility index (Phi) is 6.92. The molecule has 4 heteroatoms. The fraction of sp³-hybridized carbons (Fsp3) is 0.625. The van der Waals surface area contributed by atoms with E-state index < -0.39 is 0 Å². The molecule has 2 unspecified atom stereocenters. The molecule has 2 aliphatic heterocycles. The van der Waals surface area contributed by atoms with Gasteiger partial charge in [0.1, 0.15) is 5.83 Å². The van der Waals surface area contributed by atoms with Gasteiger partial charge in [-0.05, 0) is 91.1 Å². The van der Waals surface area contributed by atoms with Crippen LogP contribution in [-0.4, -0.2) is 41.3 Å². The summed E-state index contributed by atoms with van der Waals surface area (Å²) in [6, 6.07) is 0.212. The number of likely N-dealkylation sites (tertiary alicyclic amines) is 1. The van der Waals surface area contributed by atoms with Gasteiger partial charge in [0.15, 0.2) is 0 Å². The summed E-state index contributed by atoms with van der Waals surface area (Å²) in [5.41, 5.74) is 5.88. The number of allylic oxidation sites excluding steroid dienone is 7. The van der Waals surface area contributed by atoms with Gasteiger partial charge in [-0.1, -0.05) is 23.6 Å². The summed E-state index contributed by atoms with van der Waals surface area (Å²) in [7, 11) is 0. The monoisotopic (exact) mass is 385 g/mol. The van der Waals surface area contributed by atoms with Crippen LogP contribution in [0.4, 0.5) is 4.39 Å². The molecule has 0 N–H and O–H groups in total. The molecule has 1 aliphatic carbocycles. The molecule has 3 aliphatic rings. The number of piperidine rings is 1. The van der Waals surface area contributed by atoms with Crippen LogP contribution >= 0.6 is 0 Å². The van der Waals surface area contributed by atoms with Crippen LogP contribution in [0.15, 0.2) is 51.6 Å². The molecule has 0 aromatic rings. The maximum absolute atomic E-state index is 14.6. The Labute approximate surface area is 170 Å². The van der Waals surface area contributed by atoms with Gasteiger partial charge >= 0.3 is 0 Å². The quantitative estimate of drug-likeness (QED) is 0.579. The Morgan fingerprint density at radius 3 is 2.50 bits per heavy atom. The number of hydrazone groups is 1. The molecule has 3 nitrogen and oxygen atoms in total. The molecular weight excluding hydrogens is 349 g/mol. The first-order valence-corrected chi connectivity index (χ1v) is 10.8. The summed E-state index contributed by atoms with van der Waals surface area (Å²) in [4.78, 5) is 2.57. The summed E-state index contributed by atoms with van der Waals surface area (Å²) in [5, 5.41) is 7.04. The second kappa shape index (κ2) is 9.21. The molecule has 2 atom stereocenters. The van der Waals surface area contributed by atoms with Crippen molar-refractivity contribution in [2.24, 2.45) is 11.0 Å². The molecule has 2 heterocycles. The molecule has 0 amide bonds. The maximum atomic E-state index is 14.6. The van der Waals surface area contributed by atoms with Crippen molar-refractivity contribution in [1.29, 1.82) is 0 Å². The summed E-state index contributed by atoms with van der Waals surface area (Å²) in [5.74, 6) is -0.0686. The second-order valence-corrected chi connectivity index (χ2v) is 8.88. The van der Waals surface area contributed by atoms with Crippen LogP contribution < -0.4 is 0 Å². The maximum Gasteiger partial charge on any atom is 0.104 e. The molecule has 1 fully saturated rings. The van der Waals surface area contributed by atoms with E-state index in [1.165, 1.54) is 43.5 Å². The number of rotatable bonds is 5. The average Bonchev–Trinajstić information content (AvgIpc) is 2.64. The van der Waals surface area contributed by atoms with E-state index in [-0.39, 0.29) is 17.8 Å². The Bertz CT molecular complexity index is 731. The smallest absolute Gasteiger partial charge is 0.104 e. The lowest BCUT2D eigenvalue weighted by atomic mass is 9.90. The van der Waals surface area contributed by atoms with Crippen molar-refractivity contribution in [1.82, 2.24) is 9.91 Å². The van der Waals surface area contributed by atoms with Crippen molar-refractivity contribution < 1.29 is 4.39 Å². The molecule has 0 bridgehead atoms. The summed E-state index contributed by atoms with van der Waals surface area (Å²) < 4.78 is 14.6. The minimum Gasteiger partial charge on any atom is -0.299 e.